The molecule has 2 N–H and O–H groups in total. The lowest BCUT2D eigenvalue weighted by Crippen LogP contribution is -2.55. The molecule has 2 heterocycles. The van der Waals surface area contributed by atoms with Crippen LogP contribution in [0.15, 0.2) is 11.0 Å². The predicted octanol–water partition coefficient (Wildman–Crippen LogP) is -0.221. The molecule has 1 atom stereocenters. The minimum atomic E-state index is -0.956. The van der Waals surface area contributed by atoms with Gasteiger partial charge in [0.2, 0.25) is 0 Å². The fraction of sp³-hybridized carbons (Fsp3) is 0.545. The van der Waals surface area contributed by atoms with Crippen LogP contribution in [0, 0.1) is 0 Å². The first-order valence-electron chi connectivity index (χ1n) is 6.02. The summed E-state index contributed by atoms with van der Waals surface area (Å²) in [5.74, 6) is -0.956. The van der Waals surface area contributed by atoms with Crippen molar-refractivity contribution >= 4 is 23.3 Å². The molecule has 0 saturated carbocycles. The Morgan fingerprint density at radius 2 is 2.42 bits per heavy atom. The van der Waals surface area contributed by atoms with Crippen LogP contribution in [0.2, 0.25) is 5.02 Å². The molecular weight excluding hydrogens is 272 g/mol. The van der Waals surface area contributed by atoms with Gasteiger partial charge in [-0.15, -0.1) is 0 Å². The van der Waals surface area contributed by atoms with Crippen molar-refractivity contribution in [3.8, 4) is 0 Å². The number of rotatable bonds is 3. The molecule has 19 heavy (non-hydrogen) atoms. The van der Waals surface area contributed by atoms with Gasteiger partial charge >= 0.3 is 5.97 Å². The van der Waals surface area contributed by atoms with E-state index in [2.05, 4.69) is 10.4 Å². The average molecular weight is 287 g/mol. The quantitative estimate of drug-likeness (QED) is 0.799. The van der Waals surface area contributed by atoms with Gasteiger partial charge in [0.15, 0.2) is 0 Å². The molecular formula is C11H15ClN4O3. The van der Waals surface area contributed by atoms with Crippen molar-refractivity contribution in [2.45, 2.75) is 19.5 Å². The highest BCUT2D eigenvalue weighted by Gasteiger charge is 2.30. The highest BCUT2D eigenvalue weighted by molar-refractivity contribution is 6.33. The molecule has 1 fully saturated rings. The lowest BCUT2D eigenvalue weighted by molar-refractivity contribution is -0.138. The second-order valence-electron chi connectivity index (χ2n) is 4.22. The van der Waals surface area contributed by atoms with Crippen molar-refractivity contribution in [3.05, 3.63) is 21.6 Å². The van der Waals surface area contributed by atoms with Gasteiger partial charge in [0, 0.05) is 26.2 Å². The fourth-order valence-corrected chi connectivity index (χ4v) is 2.35. The Kier molecular flexibility index (Phi) is 4.06. The van der Waals surface area contributed by atoms with E-state index in [9.17, 15) is 14.7 Å². The fourth-order valence-electron chi connectivity index (χ4n) is 2.10. The third-order valence-corrected chi connectivity index (χ3v) is 3.46. The molecule has 1 aliphatic rings. The molecule has 7 nitrogen and oxygen atoms in total. The summed E-state index contributed by atoms with van der Waals surface area (Å²) in [5.41, 5.74) is -0.0189. The van der Waals surface area contributed by atoms with Gasteiger partial charge in [0.1, 0.15) is 11.1 Å². The maximum atomic E-state index is 11.9. The normalized spacial score (nSPS) is 19.5. The van der Waals surface area contributed by atoms with E-state index in [4.69, 9.17) is 11.6 Å². The third kappa shape index (κ3) is 2.57. The summed E-state index contributed by atoms with van der Waals surface area (Å²) in [6.07, 6.45) is 1.45. The number of nitrogens with one attached hydrogen (secondary N) is 1. The lowest BCUT2D eigenvalue weighted by Gasteiger charge is -2.35. The van der Waals surface area contributed by atoms with E-state index in [1.54, 1.807) is 11.8 Å². The topological polar surface area (TPSA) is 87.5 Å². The number of piperazine rings is 1. The molecule has 0 spiro atoms. The first kappa shape index (κ1) is 13.8. The standard InChI is InChI=1S/C11H15ClN4O3/c1-2-16-10(17)9(12)7(6-14-16)15-4-3-13-5-8(15)11(18)19/h6,8,13H,2-5H2,1H3,(H,18,19). The summed E-state index contributed by atoms with van der Waals surface area (Å²) in [4.78, 5) is 24.8. The van der Waals surface area contributed by atoms with Gasteiger partial charge in [-0.3, -0.25) is 4.79 Å². The Bertz CT molecular complexity index is 545. The molecule has 0 aromatic carbocycles. The highest BCUT2D eigenvalue weighted by Crippen LogP contribution is 2.23. The third-order valence-electron chi connectivity index (χ3n) is 3.10. The van der Waals surface area contributed by atoms with Crippen molar-refractivity contribution in [3.63, 3.8) is 0 Å². The van der Waals surface area contributed by atoms with Gasteiger partial charge in [0.25, 0.3) is 5.56 Å². The molecule has 104 valence electrons. The Morgan fingerprint density at radius 3 is 3.05 bits per heavy atom. The first-order valence-corrected chi connectivity index (χ1v) is 6.39. The molecule has 1 aromatic rings. The Hall–Kier alpha value is -1.60. The number of aliphatic carboxylic acids is 1. The molecule has 1 aromatic heterocycles. The number of aryl methyl sites for hydroxylation is 1. The molecule has 8 heteroatoms. The minimum Gasteiger partial charge on any atom is -0.480 e. The zero-order valence-corrected chi connectivity index (χ0v) is 11.2. The van der Waals surface area contributed by atoms with Gasteiger partial charge in [-0.2, -0.15) is 5.10 Å². The van der Waals surface area contributed by atoms with Crippen molar-refractivity contribution in [1.82, 2.24) is 15.1 Å². The second-order valence-corrected chi connectivity index (χ2v) is 4.59. The van der Waals surface area contributed by atoms with Crippen LogP contribution in [0.3, 0.4) is 0 Å². The SMILES string of the molecule is CCn1ncc(N2CCNCC2C(=O)O)c(Cl)c1=O. The monoisotopic (exact) mass is 286 g/mol. The summed E-state index contributed by atoms with van der Waals surface area (Å²) < 4.78 is 1.24. The molecule has 0 amide bonds. The number of aromatic nitrogens is 2. The molecule has 0 bridgehead atoms. The highest BCUT2D eigenvalue weighted by atomic mass is 35.5. The van der Waals surface area contributed by atoms with Crippen LogP contribution in [-0.4, -0.2) is 46.5 Å². The maximum absolute atomic E-state index is 11.9. The Morgan fingerprint density at radius 1 is 1.68 bits per heavy atom. The van der Waals surface area contributed by atoms with Crippen LogP contribution < -0.4 is 15.8 Å². The average Bonchev–Trinajstić information content (AvgIpc) is 2.42. The molecule has 0 radical (unpaired) electrons. The number of halogens is 1. The van der Waals surface area contributed by atoms with Gasteiger partial charge < -0.3 is 15.3 Å². The van der Waals surface area contributed by atoms with Crippen LogP contribution in [0.1, 0.15) is 6.92 Å². The van der Waals surface area contributed by atoms with Crippen molar-refractivity contribution < 1.29 is 9.90 Å². The number of anilines is 1. The summed E-state index contributed by atoms with van der Waals surface area (Å²) in [6, 6.07) is -0.745. The van der Waals surface area contributed by atoms with Gasteiger partial charge in [0.05, 0.1) is 11.9 Å². The smallest absolute Gasteiger partial charge is 0.327 e. The van der Waals surface area contributed by atoms with Crippen LogP contribution >= 0.6 is 11.6 Å². The first-order chi connectivity index (χ1) is 9.06. The van der Waals surface area contributed by atoms with Crippen LogP contribution in [0.25, 0.3) is 0 Å². The largest absolute Gasteiger partial charge is 0.480 e. The van der Waals surface area contributed by atoms with E-state index in [1.807, 2.05) is 0 Å². The number of carboxylic acids is 1. The Balaban J connectivity index is 2.42. The second kappa shape index (κ2) is 5.58. The van der Waals surface area contributed by atoms with Gasteiger partial charge in [-0.05, 0) is 6.92 Å². The molecule has 1 aliphatic heterocycles. The van der Waals surface area contributed by atoms with Gasteiger partial charge in [-0.25, -0.2) is 9.48 Å². The number of carbonyl (C=O) groups is 1. The maximum Gasteiger partial charge on any atom is 0.327 e. The Labute approximate surface area is 114 Å². The van der Waals surface area contributed by atoms with E-state index in [1.165, 1.54) is 10.9 Å². The van der Waals surface area contributed by atoms with Crippen LogP contribution in [0.4, 0.5) is 5.69 Å². The summed E-state index contributed by atoms with van der Waals surface area (Å²) in [6.45, 7) is 3.62. The van der Waals surface area contributed by atoms with Crippen molar-refractivity contribution in [2.24, 2.45) is 0 Å². The van der Waals surface area contributed by atoms with Crippen LogP contribution in [0.5, 0.6) is 0 Å². The summed E-state index contributed by atoms with van der Waals surface area (Å²) in [7, 11) is 0. The number of hydrogen-bond donors (Lipinski definition) is 2. The minimum absolute atomic E-state index is 0.0185. The van der Waals surface area contributed by atoms with E-state index in [-0.39, 0.29) is 5.02 Å². The predicted molar refractivity (Wildman–Crippen MR) is 70.8 cm³/mol. The van der Waals surface area contributed by atoms with E-state index >= 15 is 0 Å². The van der Waals surface area contributed by atoms with Crippen molar-refractivity contribution in [1.29, 1.82) is 0 Å². The zero-order chi connectivity index (χ0) is 14.0. The van der Waals surface area contributed by atoms with Gasteiger partial charge in [-0.1, -0.05) is 11.6 Å². The van der Waals surface area contributed by atoms with E-state index < -0.39 is 17.6 Å². The molecule has 2 rings (SSSR count). The number of nitrogens with zero attached hydrogens (tertiary/aromatic N) is 3. The molecule has 1 unspecified atom stereocenters. The number of hydrogen-bond acceptors (Lipinski definition) is 5. The zero-order valence-electron chi connectivity index (χ0n) is 10.5. The molecule has 1 saturated heterocycles. The number of carboxylic acid groups (broad SMARTS) is 1. The summed E-state index contributed by atoms with van der Waals surface area (Å²) in [5, 5.41) is 16.2. The summed E-state index contributed by atoms with van der Waals surface area (Å²) >= 11 is 6.05. The van der Waals surface area contributed by atoms with Crippen molar-refractivity contribution in [2.75, 3.05) is 24.5 Å². The van der Waals surface area contributed by atoms with Crippen LogP contribution in [-0.2, 0) is 11.3 Å². The lowest BCUT2D eigenvalue weighted by atomic mass is 10.2. The van der Waals surface area contributed by atoms with E-state index in [0.29, 0.717) is 31.9 Å². The molecule has 0 aliphatic carbocycles. The van der Waals surface area contributed by atoms with E-state index in [0.717, 1.165) is 0 Å².